The van der Waals surface area contributed by atoms with Gasteiger partial charge in [-0.3, -0.25) is 0 Å². The molecule has 0 aromatic heterocycles. The molecule has 3 nitrogen and oxygen atoms in total. The standard InChI is InChI=1S/C40H56O3/c1-29(17-13-19-31(3)21-22-36-33(5)25-34(41)26-37(36,6)7)15-11-12-16-30(2)18-14-20-32(4)23-24-40-38(8,9)27-35(42)28-39(40,10)43-40/h11-25,34-36,41-42H,26-28H2,1-10H3/b12-11+,17-13+,18-14+,22-21+,24-23+,29-15+,30-16-,31-19+,32-20+/t34-,35-,36-,39+,40-/m0/s1. The Balaban J connectivity index is 1.49. The highest BCUT2D eigenvalue weighted by Crippen LogP contribution is 2.66. The number of aliphatic hydroxyl groups is 2. The number of epoxide rings is 1. The van der Waals surface area contributed by atoms with Crippen molar-refractivity contribution in [3.05, 3.63) is 119 Å². The maximum atomic E-state index is 10.2. The van der Waals surface area contributed by atoms with Crippen LogP contribution >= 0.6 is 0 Å². The molecule has 3 aliphatic rings. The van der Waals surface area contributed by atoms with Crippen molar-refractivity contribution in [3.63, 3.8) is 0 Å². The van der Waals surface area contributed by atoms with Gasteiger partial charge in [0, 0.05) is 17.8 Å². The molecule has 2 fully saturated rings. The van der Waals surface area contributed by atoms with Gasteiger partial charge in [0.1, 0.15) is 11.2 Å². The van der Waals surface area contributed by atoms with E-state index in [9.17, 15) is 10.2 Å². The third kappa shape index (κ3) is 8.91. The molecule has 0 spiro atoms. The predicted molar refractivity (Wildman–Crippen MR) is 184 cm³/mol. The van der Waals surface area contributed by atoms with Gasteiger partial charge in [-0.15, -0.1) is 0 Å². The summed E-state index contributed by atoms with van der Waals surface area (Å²) in [6.07, 6.45) is 33.5. The molecule has 1 heterocycles. The van der Waals surface area contributed by atoms with Crippen LogP contribution in [0.15, 0.2) is 119 Å². The van der Waals surface area contributed by atoms with Crippen molar-refractivity contribution < 1.29 is 14.9 Å². The Bertz CT molecular complexity index is 1320. The van der Waals surface area contributed by atoms with Crippen molar-refractivity contribution in [2.24, 2.45) is 16.7 Å². The maximum absolute atomic E-state index is 10.2. The molecule has 3 rings (SSSR count). The van der Waals surface area contributed by atoms with E-state index in [1.807, 2.05) is 6.08 Å². The minimum absolute atomic E-state index is 0.0547. The summed E-state index contributed by atoms with van der Waals surface area (Å²) >= 11 is 0. The first-order valence-corrected chi connectivity index (χ1v) is 15.8. The van der Waals surface area contributed by atoms with Gasteiger partial charge >= 0.3 is 0 Å². The van der Waals surface area contributed by atoms with Crippen molar-refractivity contribution in [3.8, 4) is 0 Å². The number of fused-ring (bicyclic) bond motifs is 1. The fraction of sp³-hybridized carbons (Fsp3) is 0.500. The molecule has 1 saturated heterocycles. The molecular formula is C40H56O3. The Hall–Kier alpha value is -2.72. The lowest BCUT2D eigenvalue weighted by Crippen LogP contribution is -2.46. The monoisotopic (exact) mass is 584 g/mol. The van der Waals surface area contributed by atoms with Gasteiger partial charge in [-0.05, 0) is 65.9 Å². The Labute approximate surface area is 262 Å². The first-order valence-electron chi connectivity index (χ1n) is 15.8. The van der Waals surface area contributed by atoms with Gasteiger partial charge in [-0.1, -0.05) is 141 Å². The second-order valence-corrected chi connectivity index (χ2v) is 14.6. The average molecular weight is 585 g/mol. The average Bonchev–Trinajstić information content (AvgIpc) is 3.49. The molecule has 0 aromatic rings. The Morgan fingerprint density at radius 1 is 0.721 bits per heavy atom. The minimum atomic E-state index is -0.333. The van der Waals surface area contributed by atoms with Crippen LogP contribution in [0.3, 0.4) is 0 Å². The van der Waals surface area contributed by atoms with Gasteiger partial charge in [0.2, 0.25) is 0 Å². The van der Waals surface area contributed by atoms with Gasteiger partial charge in [0.05, 0.1) is 12.2 Å². The summed E-state index contributed by atoms with van der Waals surface area (Å²) < 4.78 is 6.25. The predicted octanol–water partition coefficient (Wildman–Crippen LogP) is 9.61. The van der Waals surface area contributed by atoms with E-state index in [-0.39, 0.29) is 34.2 Å². The fourth-order valence-corrected chi connectivity index (χ4v) is 7.07. The molecule has 0 amide bonds. The number of ether oxygens (including phenoxy) is 1. The normalized spacial score (nSPS) is 33.8. The molecular weight excluding hydrogens is 528 g/mol. The quantitative estimate of drug-likeness (QED) is 0.153. The van der Waals surface area contributed by atoms with Crippen LogP contribution in [0.4, 0.5) is 0 Å². The summed E-state index contributed by atoms with van der Waals surface area (Å²) in [5.74, 6) is 0.345. The summed E-state index contributed by atoms with van der Waals surface area (Å²) in [6, 6.07) is 0. The van der Waals surface area contributed by atoms with Crippen LogP contribution < -0.4 is 0 Å². The number of rotatable bonds is 10. The van der Waals surface area contributed by atoms with Gasteiger partial charge in [-0.2, -0.15) is 0 Å². The lowest BCUT2D eigenvalue weighted by Gasteiger charge is -2.39. The number of allylic oxidation sites excluding steroid dienone is 18. The molecule has 0 unspecified atom stereocenters. The molecule has 0 aromatic carbocycles. The van der Waals surface area contributed by atoms with E-state index in [4.69, 9.17) is 4.74 Å². The van der Waals surface area contributed by atoms with Crippen molar-refractivity contribution in [1.29, 1.82) is 0 Å². The molecule has 3 heteroatoms. The summed E-state index contributed by atoms with van der Waals surface area (Å²) in [6.45, 7) is 21.5. The molecule has 0 radical (unpaired) electrons. The third-order valence-corrected chi connectivity index (χ3v) is 9.43. The minimum Gasteiger partial charge on any atom is -0.393 e. The Morgan fingerprint density at radius 3 is 1.77 bits per heavy atom. The molecule has 2 aliphatic carbocycles. The van der Waals surface area contributed by atoms with Crippen molar-refractivity contribution >= 4 is 0 Å². The van der Waals surface area contributed by atoms with Crippen LogP contribution in [0.2, 0.25) is 0 Å². The SMILES string of the molecule is CC1=C[C@H](O)CC(C)(C)[C@H]1/C=C/C(C)=C/C=C/C(C)=C/C=C/C=C(C)\C=C\C=C(C)\C=C\[C@@]12O[C@]1(C)C[C@@H](O)CC2(C)C. The van der Waals surface area contributed by atoms with E-state index < -0.39 is 0 Å². The maximum Gasteiger partial charge on any atom is 0.121 e. The molecule has 0 bridgehead atoms. The van der Waals surface area contributed by atoms with Gasteiger partial charge in [0.25, 0.3) is 0 Å². The fourth-order valence-electron chi connectivity index (χ4n) is 7.07. The molecule has 5 atom stereocenters. The second kappa shape index (κ2) is 13.9. The topological polar surface area (TPSA) is 53.0 Å². The molecule has 2 N–H and O–H groups in total. The van der Waals surface area contributed by atoms with Crippen LogP contribution in [0.5, 0.6) is 0 Å². The molecule has 43 heavy (non-hydrogen) atoms. The van der Waals surface area contributed by atoms with E-state index in [2.05, 4.69) is 154 Å². The lowest BCUT2D eigenvalue weighted by atomic mass is 9.63. The van der Waals surface area contributed by atoms with Gasteiger partial charge in [0.15, 0.2) is 0 Å². The molecule has 1 aliphatic heterocycles. The summed E-state index contributed by atoms with van der Waals surface area (Å²) in [7, 11) is 0. The first kappa shape index (κ1) is 34.8. The largest absolute Gasteiger partial charge is 0.393 e. The van der Waals surface area contributed by atoms with Crippen molar-refractivity contribution in [1.82, 2.24) is 0 Å². The van der Waals surface area contributed by atoms with Crippen LogP contribution in [-0.4, -0.2) is 33.6 Å². The zero-order valence-corrected chi connectivity index (χ0v) is 28.3. The highest BCUT2D eigenvalue weighted by atomic mass is 16.6. The van der Waals surface area contributed by atoms with Crippen LogP contribution in [0, 0.1) is 16.7 Å². The third-order valence-electron chi connectivity index (χ3n) is 9.43. The second-order valence-electron chi connectivity index (χ2n) is 14.6. The van der Waals surface area contributed by atoms with Crippen LogP contribution in [0.25, 0.3) is 0 Å². The first-order chi connectivity index (χ1) is 20.0. The van der Waals surface area contributed by atoms with E-state index >= 15 is 0 Å². The zero-order chi connectivity index (χ0) is 32.1. The highest BCUT2D eigenvalue weighted by molar-refractivity contribution is 5.37. The van der Waals surface area contributed by atoms with Crippen LogP contribution in [-0.2, 0) is 4.74 Å². The van der Waals surface area contributed by atoms with E-state index in [1.165, 1.54) is 27.9 Å². The zero-order valence-electron chi connectivity index (χ0n) is 28.3. The summed E-state index contributed by atoms with van der Waals surface area (Å²) in [4.78, 5) is 0. The number of hydrogen-bond donors (Lipinski definition) is 2. The van der Waals surface area contributed by atoms with E-state index in [0.717, 1.165) is 12.8 Å². The van der Waals surface area contributed by atoms with E-state index in [0.29, 0.717) is 12.3 Å². The van der Waals surface area contributed by atoms with Gasteiger partial charge < -0.3 is 14.9 Å². The Morgan fingerprint density at radius 2 is 1.23 bits per heavy atom. The smallest absolute Gasteiger partial charge is 0.121 e. The molecule has 234 valence electrons. The summed E-state index contributed by atoms with van der Waals surface area (Å²) in [5.41, 5.74) is 5.38. The molecule has 1 saturated carbocycles. The number of aliphatic hydroxyl groups excluding tert-OH is 2. The summed E-state index contributed by atoms with van der Waals surface area (Å²) in [5, 5.41) is 20.3. The lowest BCUT2D eigenvalue weighted by molar-refractivity contribution is 0.0515. The van der Waals surface area contributed by atoms with E-state index in [1.54, 1.807) is 0 Å². The number of hydrogen-bond acceptors (Lipinski definition) is 3. The Kier molecular flexibility index (Phi) is 11.3. The van der Waals surface area contributed by atoms with Crippen molar-refractivity contribution in [2.45, 2.75) is 112 Å². The van der Waals surface area contributed by atoms with Crippen molar-refractivity contribution in [2.75, 3.05) is 0 Å². The van der Waals surface area contributed by atoms with Gasteiger partial charge in [-0.25, -0.2) is 0 Å². The van der Waals surface area contributed by atoms with Crippen LogP contribution in [0.1, 0.15) is 88.5 Å². The highest BCUT2D eigenvalue weighted by Gasteiger charge is 2.74.